The molecule has 1 heterocycles. The molecule has 3 aromatic rings. The fourth-order valence-electron chi connectivity index (χ4n) is 5.49. The van der Waals surface area contributed by atoms with E-state index in [-0.39, 0.29) is 11.5 Å². The molecule has 0 spiro atoms. The van der Waals surface area contributed by atoms with E-state index in [2.05, 4.69) is 12.0 Å². The lowest BCUT2D eigenvalue weighted by molar-refractivity contribution is -0.138. The summed E-state index contributed by atoms with van der Waals surface area (Å²) >= 11 is 0. The van der Waals surface area contributed by atoms with Gasteiger partial charge < -0.3 is 5.11 Å². The molecule has 35 heavy (non-hydrogen) atoms. The number of nitrogens with one attached hydrogen (secondary N) is 1. The summed E-state index contributed by atoms with van der Waals surface area (Å²) in [5, 5.41) is 11.8. The molecule has 3 unspecified atom stereocenters. The minimum Gasteiger partial charge on any atom is -0.505 e. The number of nitrogens with zero attached hydrogens (tertiary/aromatic N) is 1. The number of allylic oxidation sites excluding steroid dienone is 3. The van der Waals surface area contributed by atoms with E-state index >= 15 is 0 Å². The Hall–Kier alpha value is -4.19. The Kier molecular flexibility index (Phi) is 5.52. The first kappa shape index (κ1) is 22.6. The molecule has 5 rings (SSSR count). The van der Waals surface area contributed by atoms with Gasteiger partial charge in [0, 0.05) is 11.5 Å². The number of hydrazine groups is 1. The summed E-state index contributed by atoms with van der Waals surface area (Å²) in [7, 11) is 0. The van der Waals surface area contributed by atoms with Crippen LogP contribution in [0.3, 0.4) is 0 Å². The van der Waals surface area contributed by atoms with E-state index < -0.39 is 34.7 Å². The number of fused-ring (bicyclic) bond motifs is 1. The van der Waals surface area contributed by atoms with Crippen LogP contribution >= 0.6 is 0 Å². The number of phenolic OH excluding ortho intramolecular Hbond substituents is 1. The topological polar surface area (TPSA) is 69.6 Å². The van der Waals surface area contributed by atoms with Crippen molar-refractivity contribution in [3.8, 4) is 5.75 Å². The number of aromatic hydroxyl groups is 1. The highest BCUT2D eigenvalue weighted by molar-refractivity contribution is 6.12. The summed E-state index contributed by atoms with van der Waals surface area (Å²) in [4.78, 5) is 28.2. The second-order valence-electron chi connectivity index (χ2n) is 9.00. The van der Waals surface area contributed by atoms with Crippen LogP contribution in [0.2, 0.25) is 0 Å². The van der Waals surface area contributed by atoms with Gasteiger partial charge in [-0.3, -0.25) is 15.0 Å². The normalized spacial score (nSPS) is 23.6. The van der Waals surface area contributed by atoms with Crippen molar-refractivity contribution in [1.82, 2.24) is 5.01 Å². The largest absolute Gasteiger partial charge is 0.505 e. The number of phenols is 1. The third-order valence-corrected chi connectivity index (χ3v) is 7.11. The van der Waals surface area contributed by atoms with E-state index in [4.69, 9.17) is 0 Å². The number of halogens is 1. The zero-order valence-electron chi connectivity index (χ0n) is 19.2. The van der Waals surface area contributed by atoms with E-state index in [9.17, 15) is 19.1 Å². The maximum atomic E-state index is 14.5. The minimum atomic E-state index is -1.40. The molecule has 1 aliphatic heterocycles. The van der Waals surface area contributed by atoms with Crippen LogP contribution in [-0.4, -0.2) is 21.9 Å². The van der Waals surface area contributed by atoms with Crippen molar-refractivity contribution in [3.05, 3.63) is 120 Å². The molecule has 0 aromatic heterocycles. The summed E-state index contributed by atoms with van der Waals surface area (Å²) in [5.41, 5.74) is 4.76. The highest BCUT2D eigenvalue weighted by Gasteiger charge is 2.66. The Morgan fingerprint density at radius 2 is 1.77 bits per heavy atom. The zero-order valence-corrected chi connectivity index (χ0v) is 19.2. The van der Waals surface area contributed by atoms with Gasteiger partial charge in [0.25, 0.3) is 11.8 Å². The van der Waals surface area contributed by atoms with Gasteiger partial charge in [0.2, 0.25) is 0 Å². The number of amides is 2. The summed E-state index contributed by atoms with van der Waals surface area (Å²) in [6.07, 6.45) is 3.78. The van der Waals surface area contributed by atoms with Crippen LogP contribution in [-0.2, 0) is 15.0 Å². The van der Waals surface area contributed by atoms with E-state index in [1.165, 1.54) is 12.1 Å². The Morgan fingerprint density at radius 3 is 2.46 bits per heavy atom. The monoisotopic (exact) mass is 468 g/mol. The number of para-hydroxylation sites is 1. The molecule has 6 heteroatoms. The molecule has 3 atom stereocenters. The standard InChI is InChI=1S/C29H25FN2O3/c1-3-19-14-17-23-27(34)32(31-21-15-12-18(2)13-16-21)28(35)29(23,20-8-5-4-6-9-20)25(19)22-10-7-11-24(30)26(22)33/h3-16,23,25,31,33H,1,17H2,2H3. The van der Waals surface area contributed by atoms with Gasteiger partial charge in [0.1, 0.15) is 0 Å². The molecule has 0 radical (unpaired) electrons. The first-order valence-electron chi connectivity index (χ1n) is 11.5. The predicted molar refractivity (Wildman–Crippen MR) is 132 cm³/mol. The van der Waals surface area contributed by atoms with Crippen LogP contribution in [0.25, 0.3) is 0 Å². The zero-order chi connectivity index (χ0) is 24.7. The summed E-state index contributed by atoms with van der Waals surface area (Å²) in [6, 6.07) is 20.7. The molecule has 1 fully saturated rings. The van der Waals surface area contributed by atoms with Crippen molar-refractivity contribution in [3.63, 3.8) is 0 Å². The lowest BCUT2D eigenvalue weighted by Crippen LogP contribution is -2.48. The predicted octanol–water partition coefficient (Wildman–Crippen LogP) is 5.39. The van der Waals surface area contributed by atoms with E-state index in [0.29, 0.717) is 23.2 Å². The number of rotatable bonds is 5. The number of aryl methyl sites for hydroxylation is 1. The van der Waals surface area contributed by atoms with Crippen molar-refractivity contribution < 1.29 is 19.1 Å². The van der Waals surface area contributed by atoms with Crippen LogP contribution in [0.1, 0.15) is 29.0 Å². The van der Waals surface area contributed by atoms with Crippen LogP contribution in [0, 0.1) is 18.7 Å². The maximum absolute atomic E-state index is 14.5. The van der Waals surface area contributed by atoms with Crippen LogP contribution in [0.4, 0.5) is 10.1 Å². The summed E-state index contributed by atoms with van der Waals surface area (Å²) in [6.45, 7) is 5.87. The third kappa shape index (κ3) is 3.36. The number of hydrogen-bond acceptors (Lipinski definition) is 4. The fourth-order valence-corrected chi connectivity index (χ4v) is 5.49. The van der Waals surface area contributed by atoms with Gasteiger partial charge >= 0.3 is 0 Å². The quantitative estimate of drug-likeness (QED) is 0.493. The lowest BCUT2D eigenvalue weighted by atomic mass is 9.56. The van der Waals surface area contributed by atoms with Crippen LogP contribution in [0.5, 0.6) is 5.75 Å². The lowest BCUT2D eigenvalue weighted by Gasteiger charge is -2.43. The van der Waals surface area contributed by atoms with Crippen molar-refractivity contribution in [2.75, 3.05) is 5.43 Å². The first-order chi connectivity index (χ1) is 16.9. The molecule has 1 saturated heterocycles. The molecule has 176 valence electrons. The number of carbonyl (C=O) groups is 2. The summed E-state index contributed by atoms with van der Waals surface area (Å²) in [5.74, 6) is -3.74. The van der Waals surface area contributed by atoms with Gasteiger partial charge in [0.05, 0.1) is 17.0 Å². The van der Waals surface area contributed by atoms with Gasteiger partial charge in [-0.15, -0.1) is 0 Å². The molecule has 2 amide bonds. The maximum Gasteiger partial charge on any atom is 0.260 e. The van der Waals surface area contributed by atoms with Crippen LogP contribution in [0.15, 0.2) is 97.1 Å². The third-order valence-electron chi connectivity index (χ3n) is 7.11. The molecular formula is C29H25FN2O3. The average Bonchev–Trinajstić information content (AvgIpc) is 3.09. The van der Waals surface area contributed by atoms with Gasteiger partial charge in [-0.1, -0.05) is 78.9 Å². The van der Waals surface area contributed by atoms with Crippen molar-refractivity contribution in [1.29, 1.82) is 0 Å². The highest BCUT2D eigenvalue weighted by Crippen LogP contribution is 2.58. The second-order valence-corrected chi connectivity index (χ2v) is 9.00. The molecule has 0 bridgehead atoms. The fraction of sp³-hybridized carbons (Fsp3) is 0.172. The second kappa shape index (κ2) is 8.55. The number of benzene rings is 3. The average molecular weight is 469 g/mol. The highest BCUT2D eigenvalue weighted by atomic mass is 19.1. The summed E-state index contributed by atoms with van der Waals surface area (Å²) < 4.78 is 14.5. The molecule has 2 N–H and O–H groups in total. The van der Waals surface area contributed by atoms with Gasteiger partial charge in [-0.05, 0) is 42.7 Å². The van der Waals surface area contributed by atoms with Crippen molar-refractivity contribution in [2.24, 2.45) is 5.92 Å². The van der Waals surface area contributed by atoms with Gasteiger partial charge in [0.15, 0.2) is 11.6 Å². The van der Waals surface area contributed by atoms with E-state index in [1.54, 1.807) is 24.3 Å². The van der Waals surface area contributed by atoms with Crippen molar-refractivity contribution in [2.45, 2.75) is 24.7 Å². The Labute approximate surface area is 203 Å². The number of carbonyl (C=O) groups excluding carboxylic acids is 2. The number of hydrogen-bond donors (Lipinski definition) is 2. The SMILES string of the molecule is C=CC1=CCC2C(=O)N(Nc3ccc(C)cc3)C(=O)C2(c2ccccc2)C1c1cccc(F)c1O. The Bertz CT molecular complexity index is 1350. The smallest absolute Gasteiger partial charge is 0.260 e. The van der Waals surface area contributed by atoms with E-state index in [0.717, 1.165) is 10.6 Å². The van der Waals surface area contributed by atoms with Crippen LogP contribution < -0.4 is 5.43 Å². The molecule has 5 nitrogen and oxygen atoms in total. The van der Waals surface area contributed by atoms with E-state index in [1.807, 2.05) is 55.5 Å². The Morgan fingerprint density at radius 1 is 1.06 bits per heavy atom. The molecule has 1 aliphatic carbocycles. The van der Waals surface area contributed by atoms with Crippen molar-refractivity contribution >= 4 is 17.5 Å². The Balaban J connectivity index is 1.74. The molecule has 2 aliphatic rings. The van der Waals surface area contributed by atoms with Gasteiger partial charge in [-0.2, -0.15) is 5.01 Å². The van der Waals surface area contributed by atoms with Gasteiger partial charge in [-0.25, -0.2) is 4.39 Å². The minimum absolute atomic E-state index is 0.239. The first-order valence-corrected chi connectivity index (χ1v) is 11.5. The molecular weight excluding hydrogens is 443 g/mol. The molecule has 3 aromatic carbocycles. The number of imide groups is 1. The number of anilines is 1. The molecule has 0 saturated carbocycles.